The molecule has 5 nitrogen and oxygen atoms in total. The lowest BCUT2D eigenvalue weighted by molar-refractivity contribution is -0.116. The summed E-state index contributed by atoms with van der Waals surface area (Å²) in [6, 6.07) is 6.71. The molecular weight excluding hydrogens is 208 g/mol. The molecule has 0 unspecified atom stereocenters. The van der Waals surface area contributed by atoms with Gasteiger partial charge in [0.25, 0.3) is 0 Å². The van der Waals surface area contributed by atoms with Gasteiger partial charge in [-0.1, -0.05) is 18.7 Å². The van der Waals surface area contributed by atoms with Crippen LogP contribution in [0.15, 0.2) is 36.9 Å². The number of carbonyl (C=O) groups excluding carboxylic acids is 2. The molecule has 0 saturated heterocycles. The van der Waals surface area contributed by atoms with E-state index >= 15 is 0 Å². The minimum atomic E-state index is -0.868. The minimum Gasteiger partial charge on any atom is -0.410 e. The van der Waals surface area contributed by atoms with Crippen molar-refractivity contribution < 1.29 is 14.3 Å². The monoisotopic (exact) mass is 220 g/mol. The fourth-order valence-corrected chi connectivity index (χ4v) is 1.10. The largest absolute Gasteiger partial charge is 0.410 e. The van der Waals surface area contributed by atoms with E-state index in [0.717, 1.165) is 5.56 Å². The standard InChI is InChI=1S/C11H12N2O3/c1-2-10(14)13-7-8-4-3-5-9(6-8)16-11(12)15/h2-6H,1,7H2,(H2,12,15)(H,13,14). The number of hydrogen-bond acceptors (Lipinski definition) is 3. The number of nitrogens with two attached hydrogens (primary N) is 1. The molecule has 3 N–H and O–H groups in total. The Morgan fingerprint density at radius 1 is 1.50 bits per heavy atom. The van der Waals surface area contributed by atoms with Crippen LogP contribution in [0.1, 0.15) is 5.56 Å². The molecule has 1 aromatic carbocycles. The summed E-state index contributed by atoms with van der Waals surface area (Å²) in [6.07, 6.45) is 0.316. The zero-order valence-electron chi connectivity index (χ0n) is 8.60. The molecule has 0 saturated carbocycles. The topological polar surface area (TPSA) is 81.4 Å². The Kier molecular flexibility index (Phi) is 4.08. The first-order valence-corrected chi connectivity index (χ1v) is 4.58. The van der Waals surface area contributed by atoms with Crippen LogP contribution in [-0.4, -0.2) is 12.0 Å². The van der Waals surface area contributed by atoms with Crippen molar-refractivity contribution in [1.82, 2.24) is 5.32 Å². The van der Waals surface area contributed by atoms with E-state index in [1.54, 1.807) is 24.3 Å². The van der Waals surface area contributed by atoms with Gasteiger partial charge in [0.1, 0.15) is 5.75 Å². The molecule has 0 atom stereocenters. The Labute approximate surface area is 92.9 Å². The molecule has 0 bridgehead atoms. The van der Waals surface area contributed by atoms with E-state index in [2.05, 4.69) is 11.9 Å². The van der Waals surface area contributed by atoms with Crippen molar-refractivity contribution in [3.63, 3.8) is 0 Å². The summed E-state index contributed by atoms with van der Waals surface area (Å²) in [5, 5.41) is 2.60. The number of primary amides is 1. The zero-order valence-corrected chi connectivity index (χ0v) is 8.60. The van der Waals surface area contributed by atoms with Gasteiger partial charge in [-0.15, -0.1) is 0 Å². The third-order valence-electron chi connectivity index (χ3n) is 1.77. The van der Waals surface area contributed by atoms with E-state index in [4.69, 9.17) is 10.5 Å². The van der Waals surface area contributed by atoms with Gasteiger partial charge in [0.15, 0.2) is 0 Å². The second-order valence-corrected chi connectivity index (χ2v) is 2.99. The van der Waals surface area contributed by atoms with E-state index < -0.39 is 6.09 Å². The minimum absolute atomic E-state index is 0.263. The van der Waals surface area contributed by atoms with Gasteiger partial charge in [-0.2, -0.15) is 0 Å². The van der Waals surface area contributed by atoms with E-state index in [1.807, 2.05) is 0 Å². The molecule has 2 amide bonds. The van der Waals surface area contributed by atoms with Crippen LogP contribution in [0, 0.1) is 0 Å². The highest BCUT2D eigenvalue weighted by Crippen LogP contribution is 2.12. The number of hydrogen-bond donors (Lipinski definition) is 2. The van der Waals surface area contributed by atoms with Gasteiger partial charge in [-0.3, -0.25) is 4.79 Å². The van der Waals surface area contributed by atoms with Crippen molar-refractivity contribution in [3.8, 4) is 5.75 Å². The molecule has 1 aromatic rings. The van der Waals surface area contributed by atoms with Crippen molar-refractivity contribution in [2.45, 2.75) is 6.54 Å². The first-order valence-electron chi connectivity index (χ1n) is 4.58. The smallest absolute Gasteiger partial charge is 0.409 e. The second kappa shape index (κ2) is 5.55. The molecule has 16 heavy (non-hydrogen) atoms. The number of nitrogens with one attached hydrogen (secondary N) is 1. The molecule has 0 aliphatic carbocycles. The summed E-state index contributed by atoms with van der Waals surface area (Å²) in [6.45, 7) is 3.67. The quantitative estimate of drug-likeness (QED) is 0.741. The van der Waals surface area contributed by atoms with Gasteiger partial charge in [-0.05, 0) is 23.8 Å². The number of amides is 2. The van der Waals surface area contributed by atoms with Gasteiger partial charge in [0.05, 0.1) is 0 Å². The molecule has 84 valence electrons. The first kappa shape index (κ1) is 11.8. The first-order chi connectivity index (χ1) is 7.61. The summed E-state index contributed by atoms with van der Waals surface area (Å²) in [5.74, 6) is 0.0825. The average molecular weight is 220 g/mol. The van der Waals surface area contributed by atoms with Crippen LogP contribution in [0.3, 0.4) is 0 Å². The van der Waals surface area contributed by atoms with E-state index in [9.17, 15) is 9.59 Å². The molecular formula is C11H12N2O3. The molecule has 0 fully saturated rings. The van der Waals surface area contributed by atoms with E-state index in [-0.39, 0.29) is 5.91 Å². The summed E-state index contributed by atoms with van der Waals surface area (Å²) in [4.78, 5) is 21.4. The van der Waals surface area contributed by atoms with Crippen molar-refractivity contribution in [2.24, 2.45) is 5.73 Å². The van der Waals surface area contributed by atoms with Crippen LogP contribution < -0.4 is 15.8 Å². The van der Waals surface area contributed by atoms with Gasteiger partial charge in [-0.25, -0.2) is 4.79 Å². The lowest BCUT2D eigenvalue weighted by atomic mass is 10.2. The Balaban J connectivity index is 2.63. The molecule has 0 aromatic heterocycles. The predicted octanol–water partition coefficient (Wildman–Crippen LogP) is 0.946. The van der Waals surface area contributed by atoms with Crippen LogP contribution in [0.4, 0.5) is 4.79 Å². The van der Waals surface area contributed by atoms with Gasteiger partial charge in [0.2, 0.25) is 5.91 Å². The molecule has 0 spiro atoms. The Hall–Kier alpha value is -2.30. The predicted molar refractivity (Wildman–Crippen MR) is 58.7 cm³/mol. The average Bonchev–Trinajstić information content (AvgIpc) is 2.25. The summed E-state index contributed by atoms with van der Waals surface area (Å²) in [7, 11) is 0. The van der Waals surface area contributed by atoms with Gasteiger partial charge in [0, 0.05) is 6.54 Å². The molecule has 5 heteroatoms. The van der Waals surface area contributed by atoms with Crippen LogP contribution in [-0.2, 0) is 11.3 Å². The van der Waals surface area contributed by atoms with Crippen molar-refractivity contribution in [3.05, 3.63) is 42.5 Å². The van der Waals surface area contributed by atoms with Crippen molar-refractivity contribution >= 4 is 12.0 Å². The second-order valence-electron chi connectivity index (χ2n) is 2.99. The maximum absolute atomic E-state index is 10.9. The normalized spacial score (nSPS) is 9.25. The van der Waals surface area contributed by atoms with Crippen LogP contribution in [0.5, 0.6) is 5.75 Å². The third-order valence-corrected chi connectivity index (χ3v) is 1.77. The summed E-state index contributed by atoms with van der Waals surface area (Å²) in [5.41, 5.74) is 5.67. The fraction of sp³-hybridized carbons (Fsp3) is 0.0909. The molecule has 0 aliphatic heterocycles. The van der Waals surface area contributed by atoms with Crippen LogP contribution in [0.2, 0.25) is 0 Å². The SMILES string of the molecule is C=CC(=O)NCc1cccc(OC(N)=O)c1. The van der Waals surface area contributed by atoms with Crippen molar-refractivity contribution in [2.75, 3.05) is 0 Å². The summed E-state index contributed by atoms with van der Waals surface area (Å²) < 4.78 is 4.69. The Bertz CT molecular complexity index is 415. The fourth-order valence-electron chi connectivity index (χ4n) is 1.10. The molecule has 0 radical (unpaired) electrons. The zero-order chi connectivity index (χ0) is 12.0. The number of benzene rings is 1. The van der Waals surface area contributed by atoms with Crippen LogP contribution >= 0.6 is 0 Å². The maximum Gasteiger partial charge on any atom is 0.409 e. The van der Waals surface area contributed by atoms with Gasteiger partial charge >= 0.3 is 6.09 Å². The Morgan fingerprint density at radius 3 is 2.88 bits per heavy atom. The summed E-state index contributed by atoms with van der Waals surface area (Å²) >= 11 is 0. The molecule has 0 aliphatic rings. The van der Waals surface area contributed by atoms with Crippen molar-refractivity contribution in [1.29, 1.82) is 0 Å². The highest BCUT2D eigenvalue weighted by Gasteiger charge is 2.01. The highest BCUT2D eigenvalue weighted by atomic mass is 16.5. The van der Waals surface area contributed by atoms with Crippen LogP contribution in [0.25, 0.3) is 0 Å². The third kappa shape index (κ3) is 3.83. The Morgan fingerprint density at radius 2 is 2.25 bits per heavy atom. The molecule has 0 heterocycles. The van der Waals surface area contributed by atoms with Gasteiger partial charge < -0.3 is 15.8 Å². The van der Waals surface area contributed by atoms with E-state index in [1.165, 1.54) is 6.08 Å². The maximum atomic E-state index is 10.9. The highest BCUT2D eigenvalue weighted by molar-refractivity contribution is 5.86. The lowest BCUT2D eigenvalue weighted by Crippen LogP contribution is -2.20. The number of ether oxygens (including phenoxy) is 1. The number of rotatable bonds is 4. The lowest BCUT2D eigenvalue weighted by Gasteiger charge is -2.05. The molecule has 1 rings (SSSR count). The van der Waals surface area contributed by atoms with E-state index in [0.29, 0.717) is 12.3 Å². The number of carbonyl (C=O) groups is 2.